The third-order valence-corrected chi connectivity index (χ3v) is 4.90. The largest absolute Gasteiger partial charge is 0.447 e. The quantitative estimate of drug-likeness (QED) is 0.753. The summed E-state index contributed by atoms with van der Waals surface area (Å²) < 4.78 is 5.47. The van der Waals surface area contributed by atoms with Crippen molar-refractivity contribution < 1.29 is 14.3 Å². The number of amides is 1. The summed E-state index contributed by atoms with van der Waals surface area (Å²) in [5.41, 5.74) is 0.906. The van der Waals surface area contributed by atoms with E-state index in [1.807, 2.05) is 6.92 Å². The molecule has 146 valence electrons. The minimum atomic E-state index is -0.314. The van der Waals surface area contributed by atoms with Crippen LogP contribution in [0, 0.1) is 0 Å². The van der Waals surface area contributed by atoms with Crippen molar-refractivity contribution in [1.82, 2.24) is 14.8 Å². The molecule has 1 aliphatic heterocycles. The molecule has 1 amide bonds. The number of carbonyl (C=O) groups is 1. The molecule has 1 aliphatic rings. The fraction of sp³-hybridized carbons (Fsp3) is 0.474. The zero-order valence-corrected chi connectivity index (χ0v) is 16.2. The summed E-state index contributed by atoms with van der Waals surface area (Å²) >= 11 is 5.84. The van der Waals surface area contributed by atoms with Gasteiger partial charge in [-0.25, -0.2) is 4.98 Å². The number of benzene rings is 1. The lowest BCUT2D eigenvalue weighted by molar-refractivity contribution is 0.0658. The van der Waals surface area contributed by atoms with Crippen LogP contribution in [0.3, 0.4) is 0 Å². The highest BCUT2D eigenvalue weighted by molar-refractivity contribution is 6.30. The second-order valence-electron chi connectivity index (χ2n) is 6.73. The number of halogens is 1. The Balaban J connectivity index is 1.48. The van der Waals surface area contributed by atoms with Crippen molar-refractivity contribution in [3.8, 4) is 0 Å². The summed E-state index contributed by atoms with van der Waals surface area (Å²) in [6.07, 6.45) is 1.90. The molecule has 0 saturated carbocycles. The number of hydrogen-bond donors (Lipinski definition) is 2. The molecule has 2 aromatic rings. The summed E-state index contributed by atoms with van der Waals surface area (Å²) in [6.45, 7) is 6.85. The summed E-state index contributed by atoms with van der Waals surface area (Å²) in [4.78, 5) is 21.1. The second kappa shape index (κ2) is 9.32. The Hall–Kier alpha value is -1.93. The number of β-amino-alcohol motifs (C(OH)–C–C–N with tert-alkyl or cyclic N) is 1. The molecule has 0 aliphatic carbocycles. The minimum Gasteiger partial charge on any atom is -0.447 e. The van der Waals surface area contributed by atoms with E-state index in [2.05, 4.69) is 20.1 Å². The first-order chi connectivity index (χ1) is 13.0. The van der Waals surface area contributed by atoms with Gasteiger partial charge in [-0.1, -0.05) is 18.5 Å². The maximum atomic E-state index is 12.3. The number of carbonyl (C=O) groups excluding carboxylic acids is 1. The minimum absolute atomic E-state index is 0.254. The fourth-order valence-corrected chi connectivity index (χ4v) is 3.09. The Morgan fingerprint density at radius 1 is 1.26 bits per heavy atom. The predicted octanol–water partition coefficient (Wildman–Crippen LogP) is 2.47. The number of rotatable bonds is 7. The van der Waals surface area contributed by atoms with Crippen LogP contribution < -0.4 is 5.32 Å². The van der Waals surface area contributed by atoms with E-state index in [0.717, 1.165) is 39.1 Å². The van der Waals surface area contributed by atoms with Gasteiger partial charge in [-0.15, -0.1) is 0 Å². The SMILES string of the molecule is CC[C@H](O)CN1CCN(Cc2nc(C(=O)Nc3ccc(Cl)cc3)co2)CC1. The summed E-state index contributed by atoms with van der Waals surface area (Å²) in [7, 11) is 0. The highest BCUT2D eigenvalue weighted by Crippen LogP contribution is 2.15. The molecule has 1 fully saturated rings. The molecule has 1 aromatic heterocycles. The van der Waals surface area contributed by atoms with Gasteiger partial charge in [0.2, 0.25) is 5.89 Å². The molecule has 0 bridgehead atoms. The number of aliphatic hydroxyl groups excluding tert-OH is 1. The zero-order chi connectivity index (χ0) is 19.2. The van der Waals surface area contributed by atoms with Gasteiger partial charge in [0.1, 0.15) is 6.26 Å². The van der Waals surface area contributed by atoms with E-state index >= 15 is 0 Å². The maximum absolute atomic E-state index is 12.3. The van der Waals surface area contributed by atoms with Crippen LogP contribution in [0.25, 0.3) is 0 Å². The van der Waals surface area contributed by atoms with Gasteiger partial charge in [0.25, 0.3) is 5.91 Å². The Morgan fingerprint density at radius 3 is 2.59 bits per heavy atom. The van der Waals surface area contributed by atoms with Gasteiger partial charge in [-0.2, -0.15) is 0 Å². The number of anilines is 1. The van der Waals surface area contributed by atoms with Crippen molar-refractivity contribution in [2.75, 3.05) is 38.0 Å². The summed E-state index contributed by atoms with van der Waals surface area (Å²) in [5, 5.41) is 13.1. The standard InChI is InChI=1S/C19H25ClN4O3/c1-2-16(25)11-23-7-9-24(10-8-23)12-18-22-17(13-27-18)19(26)21-15-5-3-14(20)4-6-15/h3-6,13,16,25H,2,7-12H2,1H3,(H,21,26)/t16-/m0/s1. The monoisotopic (exact) mass is 392 g/mol. The van der Waals surface area contributed by atoms with Gasteiger partial charge < -0.3 is 14.8 Å². The van der Waals surface area contributed by atoms with E-state index in [9.17, 15) is 9.90 Å². The van der Waals surface area contributed by atoms with Crippen molar-refractivity contribution in [3.63, 3.8) is 0 Å². The van der Waals surface area contributed by atoms with Gasteiger partial charge in [0.15, 0.2) is 5.69 Å². The first kappa shape index (κ1) is 19.8. The van der Waals surface area contributed by atoms with Crippen LogP contribution in [0.15, 0.2) is 34.9 Å². The van der Waals surface area contributed by atoms with Crippen molar-refractivity contribution in [3.05, 3.63) is 47.1 Å². The van der Waals surface area contributed by atoms with Crippen LogP contribution in [-0.2, 0) is 6.54 Å². The summed E-state index contributed by atoms with van der Waals surface area (Å²) in [5.74, 6) is 0.212. The van der Waals surface area contributed by atoms with E-state index in [-0.39, 0.29) is 17.7 Å². The lowest BCUT2D eigenvalue weighted by atomic mass is 10.2. The van der Waals surface area contributed by atoms with Gasteiger partial charge >= 0.3 is 0 Å². The van der Waals surface area contributed by atoms with Gasteiger partial charge in [0.05, 0.1) is 12.6 Å². The van der Waals surface area contributed by atoms with Crippen LogP contribution in [0.4, 0.5) is 5.69 Å². The smallest absolute Gasteiger partial charge is 0.277 e. The number of aromatic nitrogens is 1. The number of aliphatic hydroxyl groups is 1. The molecule has 1 saturated heterocycles. The zero-order valence-electron chi connectivity index (χ0n) is 15.4. The molecule has 7 nitrogen and oxygen atoms in total. The lowest BCUT2D eigenvalue weighted by Gasteiger charge is -2.34. The van der Waals surface area contributed by atoms with E-state index < -0.39 is 0 Å². The van der Waals surface area contributed by atoms with Crippen molar-refractivity contribution in [2.24, 2.45) is 0 Å². The lowest BCUT2D eigenvalue weighted by Crippen LogP contribution is -2.48. The first-order valence-electron chi connectivity index (χ1n) is 9.17. The Bertz CT molecular complexity index is 742. The Morgan fingerprint density at radius 2 is 1.93 bits per heavy atom. The number of nitrogens with zero attached hydrogens (tertiary/aromatic N) is 3. The molecule has 0 spiro atoms. The molecule has 1 aromatic carbocycles. The molecule has 27 heavy (non-hydrogen) atoms. The van der Waals surface area contributed by atoms with Crippen molar-refractivity contribution in [1.29, 1.82) is 0 Å². The molecule has 2 heterocycles. The van der Waals surface area contributed by atoms with Crippen LogP contribution in [0.1, 0.15) is 29.7 Å². The van der Waals surface area contributed by atoms with Crippen molar-refractivity contribution in [2.45, 2.75) is 26.0 Å². The number of hydrogen-bond acceptors (Lipinski definition) is 6. The van der Waals surface area contributed by atoms with Crippen LogP contribution in [0.2, 0.25) is 5.02 Å². The van der Waals surface area contributed by atoms with Crippen LogP contribution in [0.5, 0.6) is 0 Å². The maximum Gasteiger partial charge on any atom is 0.277 e. The van der Waals surface area contributed by atoms with Crippen LogP contribution >= 0.6 is 11.6 Å². The molecule has 8 heteroatoms. The Kier molecular flexibility index (Phi) is 6.84. The number of nitrogens with one attached hydrogen (secondary N) is 1. The highest BCUT2D eigenvalue weighted by atomic mass is 35.5. The predicted molar refractivity (Wildman–Crippen MR) is 104 cm³/mol. The highest BCUT2D eigenvalue weighted by Gasteiger charge is 2.21. The van der Waals surface area contributed by atoms with E-state index in [4.69, 9.17) is 16.0 Å². The first-order valence-corrected chi connectivity index (χ1v) is 9.55. The molecular formula is C19H25ClN4O3. The van der Waals surface area contributed by atoms with Crippen LogP contribution in [-0.4, -0.2) is 64.6 Å². The summed E-state index contributed by atoms with van der Waals surface area (Å²) in [6, 6.07) is 6.89. The molecule has 0 unspecified atom stereocenters. The Labute approximate surface area is 163 Å². The third kappa shape index (κ3) is 5.77. The average molecular weight is 393 g/mol. The van der Waals surface area contributed by atoms with E-state index in [1.54, 1.807) is 24.3 Å². The van der Waals surface area contributed by atoms with Crippen molar-refractivity contribution >= 4 is 23.2 Å². The molecule has 0 radical (unpaired) electrons. The van der Waals surface area contributed by atoms with Gasteiger partial charge in [0, 0.05) is 43.4 Å². The normalized spacial score (nSPS) is 17.0. The topological polar surface area (TPSA) is 81.8 Å². The third-order valence-electron chi connectivity index (χ3n) is 4.65. The molecule has 3 rings (SSSR count). The molecular weight excluding hydrogens is 368 g/mol. The molecule has 1 atom stereocenters. The number of piperazine rings is 1. The van der Waals surface area contributed by atoms with E-state index in [0.29, 0.717) is 23.1 Å². The fourth-order valence-electron chi connectivity index (χ4n) is 2.96. The number of oxazole rings is 1. The van der Waals surface area contributed by atoms with E-state index in [1.165, 1.54) is 6.26 Å². The average Bonchev–Trinajstić information content (AvgIpc) is 3.14. The van der Waals surface area contributed by atoms with Gasteiger partial charge in [-0.3, -0.25) is 14.6 Å². The van der Waals surface area contributed by atoms with Gasteiger partial charge in [-0.05, 0) is 30.7 Å². The second-order valence-corrected chi connectivity index (χ2v) is 7.16. The molecule has 2 N–H and O–H groups in total.